The number of H-pyrrole nitrogens is 1. The first-order valence-corrected chi connectivity index (χ1v) is 11.5. The number of aromatic amines is 1. The Hall–Kier alpha value is -2.98. The Balaban J connectivity index is 1.51. The Bertz CT molecular complexity index is 1220. The molecule has 2 aromatic carbocycles. The number of carbonyl (C=O) groups is 1. The van der Waals surface area contributed by atoms with Crippen molar-refractivity contribution in [3.05, 3.63) is 53.6 Å². The average Bonchev–Trinajstić information content (AvgIpc) is 3.40. The number of nitrogens with zero attached hydrogens (tertiary/aromatic N) is 1. The van der Waals surface area contributed by atoms with E-state index in [1.165, 1.54) is 37.4 Å². The first kappa shape index (κ1) is 21.3. The zero-order chi connectivity index (χ0) is 22.0. The molecule has 1 saturated carbocycles. The van der Waals surface area contributed by atoms with Crippen molar-refractivity contribution in [3.8, 4) is 5.75 Å². The van der Waals surface area contributed by atoms with Crippen molar-refractivity contribution in [2.24, 2.45) is 0 Å². The first-order chi connectivity index (χ1) is 14.9. The Morgan fingerprint density at radius 2 is 2.00 bits per heavy atom. The third-order valence-electron chi connectivity index (χ3n) is 5.30. The van der Waals surface area contributed by atoms with Crippen LogP contribution in [0.2, 0.25) is 0 Å². The van der Waals surface area contributed by atoms with Crippen molar-refractivity contribution >= 4 is 27.0 Å². The number of rotatable bonds is 7. The fourth-order valence-corrected chi connectivity index (χ4v) is 5.24. The Labute approximate surface area is 179 Å². The number of benzene rings is 2. The van der Waals surface area contributed by atoms with Crippen LogP contribution in [0, 0.1) is 5.82 Å². The molecule has 8 nitrogen and oxygen atoms in total. The van der Waals surface area contributed by atoms with E-state index < -0.39 is 15.9 Å². The maximum Gasteiger partial charge on any atom is 0.251 e. The van der Waals surface area contributed by atoms with Gasteiger partial charge in [0.05, 0.1) is 24.7 Å². The highest BCUT2D eigenvalue weighted by Crippen LogP contribution is 2.27. The minimum atomic E-state index is -3.84. The van der Waals surface area contributed by atoms with Crippen LogP contribution in [0.15, 0.2) is 41.3 Å². The second kappa shape index (κ2) is 8.64. The van der Waals surface area contributed by atoms with Gasteiger partial charge in [-0.2, -0.15) is 0 Å². The Morgan fingerprint density at radius 1 is 1.23 bits per heavy atom. The SMILES string of the molecule is COc1ccc(C(=O)NCc2nc3ccc(F)cc3[nH]2)cc1S(=O)(=O)NC1CCCC1. The molecule has 1 heterocycles. The van der Waals surface area contributed by atoms with E-state index in [4.69, 9.17) is 4.74 Å². The van der Waals surface area contributed by atoms with Crippen molar-refractivity contribution in [1.29, 1.82) is 0 Å². The van der Waals surface area contributed by atoms with E-state index in [0.29, 0.717) is 16.9 Å². The molecule has 1 fully saturated rings. The minimum absolute atomic E-state index is 0.0730. The van der Waals surface area contributed by atoms with Gasteiger partial charge in [-0.05, 0) is 49.2 Å². The Morgan fingerprint density at radius 3 is 2.74 bits per heavy atom. The zero-order valence-electron chi connectivity index (χ0n) is 16.9. The molecule has 1 aromatic heterocycles. The van der Waals surface area contributed by atoms with Gasteiger partial charge in [-0.3, -0.25) is 4.79 Å². The molecule has 1 aliphatic carbocycles. The molecular formula is C21H23FN4O4S. The van der Waals surface area contributed by atoms with Crippen molar-refractivity contribution in [2.75, 3.05) is 7.11 Å². The molecule has 0 atom stereocenters. The lowest BCUT2D eigenvalue weighted by Crippen LogP contribution is -2.33. The van der Waals surface area contributed by atoms with E-state index in [2.05, 4.69) is 20.0 Å². The fourth-order valence-electron chi connectivity index (χ4n) is 3.74. The third kappa shape index (κ3) is 4.70. The molecule has 31 heavy (non-hydrogen) atoms. The summed E-state index contributed by atoms with van der Waals surface area (Å²) in [6.07, 6.45) is 3.56. The van der Waals surface area contributed by atoms with Crippen molar-refractivity contribution in [1.82, 2.24) is 20.0 Å². The number of halogens is 1. The lowest BCUT2D eigenvalue weighted by Gasteiger charge is -2.15. The van der Waals surface area contributed by atoms with Crippen LogP contribution in [-0.2, 0) is 16.6 Å². The number of methoxy groups -OCH3 is 1. The maximum absolute atomic E-state index is 13.3. The summed E-state index contributed by atoms with van der Waals surface area (Å²) in [6, 6.07) is 8.34. The number of sulfonamides is 1. The van der Waals surface area contributed by atoms with Gasteiger partial charge in [-0.15, -0.1) is 0 Å². The van der Waals surface area contributed by atoms with Gasteiger partial charge >= 0.3 is 0 Å². The van der Waals surface area contributed by atoms with Crippen LogP contribution >= 0.6 is 0 Å². The molecule has 4 rings (SSSR count). The molecule has 3 N–H and O–H groups in total. The van der Waals surface area contributed by atoms with Crippen LogP contribution in [0.25, 0.3) is 11.0 Å². The highest BCUT2D eigenvalue weighted by atomic mass is 32.2. The molecule has 1 aliphatic rings. The average molecular weight is 447 g/mol. The summed E-state index contributed by atoms with van der Waals surface area (Å²) in [7, 11) is -2.46. The smallest absolute Gasteiger partial charge is 0.251 e. The van der Waals surface area contributed by atoms with Crippen LogP contribution in [0.5, 0.6) is 5.75 Å². The van der Waals surface area contributed by atoms with E-state index in [0.717, 1.165) is 25.7 Å². The molecule has 3 aromatic rings. The molecule has 0 bridgehead atoms. The highest BCUT2D eigenvalue weighted by molar-refractivity contribution is 7.89. The van der Waals surface area contributed by atoms with Gasteiger partial charge in [0.15, 0.2) is 0 Å². The minimum Gasteiger partial charge on any atom is -0.495 e. The van der Waals surface area contributed by atoms with Gasteiger partial charge in [0, 0.05) is 11.6 Å². The number of hydrogen-bond donors (Lipinski definition) is 3. The number of aromatic nitrogens is 2. The van der Waals surface area contributed by atoms with Gasteiger partial charge in [0.2, 0.25) is 10.0 Å². The van der Waals surface area contributed by atoms with Crippen molar-refractivity contribution in [2.45, 2.75) is 43.2 Å². The molecular weight excluding hydrogens is 423 g/mol. The van der Waals surface area contributed by atoms with Crippen LogP contribution in [0.4, 0.5) is 4.39 Å². The molecule has 0 radical (unpaired) electrons. The molecule has 0 aliphatic heterocycles. The third-order valence-corrected chi connectivity index (χ3v) is 6.84. The van der Waals surface area contributed by atoms with Gasteiger partial charge in [0.1, 0.15) is 22.3 Å². The number of amides is 1. The van der Waals surface area contributed by atoms with E-state index in [1.54, 1.807) is 6.07 Å². The second-order valence-corrected chi connectivity index (χ2v) is 9.18. The van der Waals surface area contributed by atoms with E-state index in [1.807, 2.05) is 0 Å². The van der Waals surface area contributed by atoms with Gasteiger partial charge in [-0.25, -0.2) is 22.5 Å². The van der Waals surface area contributed by atoms with Crippen LogP contribution < -0.4 is 14.8 Å². The molecule has 0 spiro atoms. The number of carbonyl (C=O) groups excluding carboxylic acids is 1. The van der Waals surface area contributed by atoms with Crippen LogP contribution in [0.3, 0.4) is 0 Å². The molecule has 10 heteroatoms. The Kier molecular flexibility index (Phi) is 5.92. The van der Waals surface area contributed by atoms with Crippen molar-refractivity contribution < 1.29 is 22.3 Å². The first-order valence-electron chi connectivity index (χ1n) is 9.98. The van der Waals surface area contributed by atoms with E-state index >= 15 is 0 Å². The lowest BCUT2D eigenvalue weighted by atomic mass is 10.2. The standard InChI is InChI=1S/C21H23FN4O4S/c1-30-18-9-6-13(10-19(18)31(28,29)26-15-4-2-3-5-15)21(27)23-12-20-24-16-8-7-14(22)11-17(16)25-20/h6-11,15,26H,2-5,12H2,1H3,(H,23,27)(H,24,25). The van der Waals surface area contributed by atoms with Crippen molar-refractivity contribution in [3.63, 3.8) is 0 Å². The summed E-state index contributed by atoms with van der Waals surface area (Å²) in [5.74, 6) is -0.226. The van der Waals surface area contributed by atoms with Crippen LogP contribution in [-0.4, -0.2) is 37.4 Å². The monoisotopic (exact) mass is 446 g/mol. The topological polar surface area (TPSA) is 113 Å². The normalized spacial score (nSPS) is 14.8. The summed E-state index contributed by atoms with van der Waals surface area (Å²) in [5, 5.41) is 2.70. The predicted octanol–water partition coefficient (Wildman–Crippen LogP) is 2.86. The fraction of sp³-hybridized carbons (Fsp3) is 0.333. The number of hydrogen-bond acceptors (Lipinski definition) is 5. The molecule has 0 saturated heterocycles. The van der Waals surface area contributed by atoms with E-state index in [9.17, 15) is 17.6 Å². The summed E-state index contributed by atoms with van der Waals surface area (Å²) >= 11 is 0. The summed E-state index contributed by atoms with van der Waals surface area (Å²) < 4.78 is 47.0. The van der Waals surface area contributed by atoms with Gasteiger partial charge in [-0.1, -0.05) is 12.8 Å². The van der Waals surface area contributed by atoms with Gasteiger partial charge < -0.3 is 15.0 Å². The van der Waals surface area contributed by atoms with E-state index in [-0.39, 0.29) is 34.6 Å². The number of ether oxygens (including phenoxy) is 1. The zero-order valence-corrected chi connectivity index (χ0v) is 17.8. The number of fused-ring (bicyclic) bond motifs is 1. The number of nitrogens with one attached hydrogen (secondary N) is 3. The van der Waals surface area contributed by atoms with Crippen LogP contribution in [0.1, 0.15) is 41.9 Å². The second-order valence-electron chi connectivity index (χ2n) is 7.50. The summed E-state index contributed by atoms with van der Waals surface area (Å²) in [6.45, 7) is 0.0730. The molecule has 1 amide bonds. The lowest BCUT2D eigenvalue weighted by molar-refractivity contribution is 0.0949. The molecule has 0 unspecified atom stereocenters. The molecule has 164 valence electrons. The summed E-state index contributed by atoms with van der Waals surface area (Å²) in [4.78, 5) is 19.8. The summed E-state index contributed by atoms with van der Waals surface area (Å²) in [5.41, 5.74) is 1.29. The van der Waals surface area contributed by atoms with Gasteiger partial charge in [0.25, 0.3) is 5.91 Å². The largest absolute Gasteiger partial charge is 0.495 e. The maximum atomic E-state index is 13.3. The highest BCUT2D eigenvalue weighted by Gasteiger charge is 2.26. The quantitative estimate of drug-likeness (QED) is 0.517. The predicted molar refractivity (Wildman–Crippen MR) is 113 cm³/mol. The number of imidazole rings is 1.